The van der Waals surface area contributed by atoms with Crippen LogP contribution in [-0.2, 0) is 13.0 Å². The Bertz CT molecular complexity index is 636. The van der Waals surface area contributed by atoms with Crippen molar-refractivity contribution in [1.29, 1.82) is 0 Å². The number of aryl methyl sites for hydroxylation is 2. The highest BCUT2D eigenvalue weighted by atomic mass is 32.2. The van der Waals surface area contributed by atoms with Crippen LogP contribution in [0.4, 0.5) is 5.82 Å². The first-order chi connectivity index (χ1) is 9.65. The lowest BCUT2D eigenvalue weighted by Gasteiger charge is -2.09. The number of nitrogens with two attached hydrogens (primary N) is 1. The highest BCUT2D eigenvalue weighted by Crippen LogP contribution is 2.30. The van der Waals surface area contributed by atoms with Crippen molar-refractivity contribution in [2.45, 2.75) is 56.3 Å². The molecule has 1 aliphatic heterocycles. The van der Waals surface area contributed by atoms with Crippen molar-refractivity contribution in [1.82, 2.24) is 24.7 Å². The van der Waals surface area contributed by atoms with E-state index in [0.717, 1.165) is 34.5 Å². The van der Waals surface area contributed by atoms with Gasteiger partial charge in [0.15, 0.2) is 5.16 Å². The van der Waals surface area contributed by atoms with Crippen LogP contribution in [-0.4, -0.2) is 24.7 Å². The van der Waals surface area contributed by atoms with E-state index in [1.165, 1.54) is 31.0 Å². The van der Waals surface area contributed by atoms with Gasteiger partial charge in [-0.1, -0.05) is 6.42 Å². The van der Waals surface area contributed by atoms with Gasteiger partial charge in [-0.2, -0.15) is 0 Å². The van der Waals surface area contributed by atoms with Gasteiger partial charge in [0.1, 0.15) is 22.5 Å². The van der Waals surface area contributed by atoms with Crippen molar-refractivity contribution in [3.05, 3.63) is 17.2 Å². The van der Waals surface area contributed by atoms with Gasteiger partial charge in [-0.15, -0.1) is 10.2 Å². The fourth-order valence-corrected chi connectivity index (χ4v) is 3.34. The molecular formula is C13H18N6S. The quantitative estimate of drug-likeness (QED) is 0.853. The van der Waals surface area contributed by atoms with E-state index in [4.69, 9.17) is 5.73 Å². The lowest BCUT2D eigenvalue weighted by Crippen LogP contribution is -2.04. The van der Waals surface area contributed by atoms with E-state index >= 15 is 0 Å². The van der Waals surface area contributed by atoms with Crippen LogP contribution in [0.3, 0.4) is 0 Å². The van der Waals surface area contributed by atoms with Gasteiger partial charge in [-0.05, 0) is 38.5 Å². The minimum atomic E-state index is 0.538. The molecule has 3 heterocycles. The second-order valence-electron chi connectivity index (χ2n) is 5.05. The number of anilines is 1. The molecule has 6 nitrogen and oxygen atoms in total. The van der Waals surface area contributed by atoms with Gasteiger partial charge in [-0.25, -0.2) is 9.97 Å². The Labute approximate surface area is 122 Å². The van der Waals surface area contributed by atoms with E-state index in [1.807, 2.05) is 13.8 Å². The molecular weight excluding hydrogens is 272 g/mol. The van der Waals surface area contributed by atoms with E-state index in [9.17, 15) is 0 Å². The van der Waals surface area contributed by atoms with Gasteiger partial charge < -0.3 is 10.3 Å². The predicted octanol–water partition coefficient (Wildman–Crippen LogP) is 2.14. The smallest absolute Gasteiger partial charge is 0.197 e. The summed E-state index contributed by atoms with van der Waals surface area (Å²) in [5, 5.41) is 10.4. The van der Waals surface area contributed by atoms with E-state index in [2.05, 4.69) is 24.7 Å². The van der Waals surface area contributed by atoms with Crippen molar-refractivity contribution in [2.75, 3.05) is 5.73 Å². The van der Waals surface area contributed by atoms with Gasteiger partial charge >= 0.3 is 0 Å². The van der Waals surface area contributed by atoms with E-state index in [0.29, 0.717) is 11.6 Å². The molecule has 3 rings (SSSR count). The van der Waals surface area contributed by atoms with Crippen LogP contribution in [0.2, 0.25) is 0 Å². The Morgan fingerprint density at radius 3 is 2.80 bits per heavy atom. The topological polar surface area (TPSA) is 82.5 Å². The molecule has 0 fully saturated rings. The third-order valence-electron chi connectivity index (χ3n) is 3.51. The highest BCUT2D eigenvalue weighted by molar-refractivity contribution is 7.99. The summed E-state index contributed by atoms with van der Waals surface area (Å²) in [5.74, 6) is 2.31. The zero-order chi connectivity index (χ0) is 14.1. The molecule has 0 atom stereocenters. The molecule has 0 saturated carbocycles. The van der Waals surface area contributed by atoms with E-state index < -0.39 is 0 Å². The minimum absolute atomic E-state index is 0.538. The number of nitrogens with zero attached hydrogens (tertiary/aromatic N) is 5. The molecule has 106 valence electrons. The average Bonchev–Trinajstić information content (AvgIpc) is 2.64. The van der Waals surface area contributed by atoms with Crippen molar-refractivity contribution in [3.63, 3.8) is 0 Å². The second-order valence-corrected chi connectivity index (χ2v) is 6.01. The van der Waals surface area contributed by atoms with Crippen molar-refractivity contribution in [2.24, 2.45) is 0 Å². The maximum Gasteiger partial charge on any atom is 0.197 e. The first-order valence-corrected chi connectivity index (χ1v) is 7.67. The summed E-state index contributed by atoms with van der Waals surface area (Å²) < 4.78 is 2.21. The van der Waals surface area contributed by atoms with E-state index in [-0.39, 0.29) is 0 Å². The number of rotatable bonds is 2. The molecule has 20 heavy (non-hydrogen) atoms. The second kappa shape index (κ2) is 5.40. The molecule has 0 aliphatic carbocycles. The fraction of sp³-hybridized carbons (Fsp3) is 0.538. The van der Waals surface area contributed by atoms with Crippen LogP contribution in [0.15, 0.2) is 10.2 Å². The third-order valence-corrected chi connectivity index (χ3v) is 4.59. The van der Waals surface area contributed by atoms with Gasteiger partial charge in [0.05, 0.1) is 0 Å². The summed E-state index contributed by atoms with van der Waals surface area (Å²) in [6.45, 7) is 4.78. The predicted molar refractivity (Wildman–Crippen MR) is 77.6 cm³/mol. The van der Waals surface area contributed by atoms with Gasteiger partial charge in [0.2, 0.25) is 0 Å². The van der Waals surface area contributed by atoms with Crippen molar-refractivity contribution >= 4 is 17.6 Å². The molecule has 1 aliphatic rings. The van der Waals surface area contributed by atoms with Crippen LogP contribution in [0.25, 0.3) is 0 Å². The van der Waals surface area contributed by atoms with E-state index in [1.54, 1.807) is 0 Å². The summed E-state index contributed by atoms with van der Waals surface area (Å²) >= 11 is 1.53. The standard InChI is InChI=1S/C13H18N6S/c1-8-11(14)15-9(2)16-12(8)20-13-18-17-10-6-4-3-5-7-19(10)13/h3-7H2,1-2H3,(H2,14,15,16). The summed E-state index contributed by atoms with van der Waals surface area (Å²) in [5.41, 5.74) is 6.81. The molecule has 2 aromatic rings. The molecule has 0 amide bonds. The van der Waals surface area contributed by atoms with Crippen LogP contribution in [0.5, 0.6) is 0 Å². The molecule has 0 saturated heterocycles. The monoisotopic (exact) mass is 290 g/mol. The molecule has 0 bridgehead atoms. The summed E-state index contributed by atoms with van der Waals surface area (Å²) in [6, 6.07) is 0. The molecule has 2 N–H and O–H groups in total. The Hall–Kier alpha value is -1.63. The van der Waals surface area contributed by atoms with Crippen LogP contribution in [0, 0.1) is 13.8 Å². The number of hydrogen-bond donors (Lipinski definition) is 1. The summed E-state index contributed by atoms with van der Waals surface area (Å²) in [4.78, 5) is 8.65. The SMILES string of the molecule is Cc1nc(N)c(C)c(Sc2nnc3n2CCCCC3)n1. The summed E-state index contributed by atoms with van der Waals surface area (Å²) in [6.07, 6.45) is 4.65. The van der Waals surface area contributed by atoms with Gasteiger partial charge in [0, 0.05) is 18.5 Å². The maximum absolute atomic E-state index is 5.91. The Morgan fingerprint density at radius 1 is 1.10 bits per heavy atom. The first kappa shape index (κ1) is 13.4. The molecule has 7 heteroatoms. The number of hydrogen-bond acceptors (Lipinski definition) is 6. The lowest BCUT2D eigenvalue weighted by atomic mass is 10.2. The highest BCUT2D eigenvalue weighted by Gasteiger charge is 2.17. The zero-order valence-electron chi connectivity index (χ0n) is 11.8. The van der Waals surface area contributed by atoms with Gasteiger partial charge in [0.25, 0.3) is 0 Å². The molecule has 2 aromatic heterocycles. The number of nitrogen functional groups attached to an aromatic ring is 1. The first-order valence-electron chi connectivity index (χ1n) is 6.86. The Kier molecular flexibility index (Phi) is 3.60. The van der Waals surface area contributed by atoms with Crippen LogP contribution >= 0.6 is 11.8 Å². The average molecular weight is 290 g/mol. The third kappa shape index (κ3) is 2.49. The summed E-state index contributed by atoms with van der Waals surface area (Å²) in [7, 11) is 0. The minimum Gasteiger partial charge on any atom is -0.383 e. The van der Waals surface area contributed by atoms with Crippen molar-refractivity contribution in [3.8, 4) is 0 Å². The molecule has 0 aromatic carbocycles. The number of fused-ring (bicyclic) bond motifs is 1. The molecule has 0 unspecified atom stereocenters. The zero-order valence-corrected chi connectivity index (χ0v) is 12.6. The maximum atomic E-state index is 5.91. The Balaban J connectivity index is 1.94. The normalized spacial score (nSPS) is 14.9. The molecule has 0 radical (unpaired) electrons. The molecule has 0 spiro atoms. The largest absolute Gasteiger partial charge is 0.383 e. The van der Waals surface area contributed by atoms with Gasteiger partial charge in [-0.3, -0.25) is 0 Å². The van der Waals surface area contributed by atoms with Crippen LogP contribution < -0.4 is 5.73 Å². The Morgan fingerprint density at radius 2 is 1.95 bits per heavy atom. The van der Waals surface area contributed by atoms with Crippen LogP contribution in [0.1, 0.15) is 36.5 Å². The number of aromatic nitrogens is 5. The lowest BCUT2D eigenvalue weighted by molar-refractivity contribution is 0.590. The fourth-order valence-electron chi connectivity index (χ4n) is 2.34. The van der Waals surface area contributed by atoms with Crippen molar-refractivity contribution < 1.29 is 0 Å².